The van der Waals surface area contributed by atoms with Crippen LogP contribution < -0.4 is 9.47 Å². The average Bonchev–Trinajstić information content (AvgIpc) is 3.13. The summed E-state index contributed by atoms with van der Waals surface area (Å²) >= 11 is 0. The summed E-state index contributed by atoms with van der Waals surface area (Å²) < 4.78 is 22.8. The second kappa shape index (κ2) is 9.24. The molecule has 2 aliphatic rings. The molecule has 0 bridgehead atoms. The van der Waals surface area contributed by atoms with Crippen LogP contribution in [0.15, 0.2) is 12.1 Å². The first kappa shape index (κ1) is 20.4. The van der Waals surface area contributed by atoms with Gasteiger partial charge >= 0.3 is 0 Å². The fraction of sp³-hybridized carbons (Fsp3) is 0.714. The van der Waals surface area contributed by atoms with Gasteiger partial charge in [-0.25, -0.2) is 0 Å². The van der Waals surface area contributed by atoms with Crippen molar-refractivity contribution in [2.45, 2.75) is 44.9 Å². The van der Waals surface area contributed by atoms with Gasteiger partial charge in [0.25, 0.3) is 0 Å². The number of ether oxygens (including phenoxy) is 4. The molecule has 1 N–H and O–H groups in total. The first-order chi connectivity index (χ1) is 13.1. The minimum absolute atomic E-state index is 0.240. The molecule has 1 aromatic rings. The number of nitrogens with zero attached hydrogens (tertiary/aromatic N) is 1. The lowest BCUT2D eigenvalue weighted by Crippen LogP contribution is -2.44. The normalized spacial score (nSPS) is 20.3. The molecule has 0 aliphatic carbocycles. The third-order valence-electron chi connectivity index (χ3n) is 5.84. The lowest BCUT2D eigenvalue weighted by Gasteiger charge is -2.38. The lowest BCUT2D eigenvalue weighted by molar-refractivity contribution is -0.187. The molecule has 1 fully saturated rings. The molecule has 6 nitrogen and oxygen atoms in total. The van der Waals surface area contributed by atoms with Gasteiger partial charge in [-0.1, -0.05) is 6.42 Å². The Balaban J connectivity index is 1.70. The smallest absolute Gasteiger partial charge is 0.169 e. The zero-order valence-corrected chi connectivity index (χ0v) is 16.8. The monoisotopic (exact) mass is 379 g/mol. The summed E-state index contributed by atoms with van der Waals surface area (Å²) in [7, 11) is 3.36. The summed E-state index contributed by atoms with van der Waals surface area (Å²) in [6.45, 7) is 6.45. The highest BCUT2D eigenvalue weighted by atomic mass is 16.7. The van der Waals surface area contributed by atoms with E-state index in [1.165, 1.54) is 11.1 Å². The van der Waals surface area contributed by atoms with Crippen LogP contribution in [0.2, 0.25) is 0 Å². The van der Waals surface area contributed by atoms with Crippen molar-refractivity contribution in [3.63, 3.8) is 0 Å². The van der Waals surface area contributed by atoms with Crippen LogP contribution in [0, 0.1) is 5.92 Å². The van der Waals surface area contributed by atoms with Gasteiger partial charge < -0.3 is 24.1 Å². The van der Waals surface area contributed by atoms with Gasteiger partial charge in [-0.2, -0.15) is 0 Å². The van der Waals surface area contributed by atoms with Crippen molar-refractivity contribution in [3.05, 3.63) is 23.3 Å². The summed E-state index contributed by atoms with van der Waals surface area (Å²) in [5, 5.41) is 9.14. The van der Waals surface area contributed by atoms with Crippen molar-refractivity contribution in [1.29, 1.82) is 0 Å². The van der Waals surface area contributed by atoms with E-state index in [9.17, 15) is 0 Å². The van der Waals surface area contributed by atoms with Crippen LogP contribution in [0.25, 0.3) is 0 Å². The van der Waals surface area contributed by atoms with Crippen molar-refractivity contribution < 1.29 is 24.1 Å². The zero-order chi connectivity index (χ0) is 19.3. The fourth-order valence-corrected chi connectivity index (χ4v) is 4.20. The van der Waals surface area contributed by atoms with E-state index in [4.69, 9.17) is 24.1 Å². The molecule has 0 amide bonds. The molecule has 0 spiro atoms. The average molecular weight is 379 g/mol. The van der Waals surface area contributed by atoms with E-state index in [0.29, 0.717) is 13.2 Å². The summed E-state index contributed by atoms with van der Waals surface area (Å²) in [6.07, 6.45) is 3.80. The molecule has 27 heavy (non-hydrogen) atoms. The number of hydrogen-bond donors (Lipinski definition) is 1. The predicted octanol–water partition coefficient (Wildman–Crippen LogP) is 2.60. The zero-order valence-electron chi connectivity index (χ0n) is 16.8. The predicted molar refractivity (Wildman–Crippen MR) is 103 cm³/mol. The van der Waals surface area contributed by atoms with Crippen molar-refractivity contribution in [1.82, 2.24) is 4.90 Å². The molecule has 0 aromatic heterocycles. The number of aliphatic hydroxyl groups excluding tert-OH is 1. The Morgan fingerprint density at radius 3 is 2.41 bits per heavy atom. The molecule has 152 valence electrons. The molecular formula is C21H33NO5. The van der Waals surface area contributed by atoms with Gasteiger partial charge in [0, 0.05) is 32.2 Å². The van der Waals surface area contributed by atoms with E-state index >= 15 is 0 Å². The standard InChI is InChI=1S/C21H33NO5/c1-21(26-10-11-27-21)18(6-4-5-9-23)15-22-8-7-16-12-19(24-2)20(25-3)13-17(16)14-22/h12-13,18,23H,4-11,14-15H2,1-3H3. The summed E-state index contributed by atoms with van der Waals surface area (Å²) in [6, 6.07) is 4.21. The molecule has 6 heteroatoms. The largest absolute Gasteiger partial charge is 0.493 e. The molecule has 3 rings (SSSR count). The third-order valence-corrected chi connectivity index (χ3v) is 5.84. The first-order valence-corrected chi connectivity index (χ1v) is 9.94. The molecule has 1 atom stereocenters. The molecule has 2 aliphatic heterocycles. The van der Waals surface area contributed by atoms with E-state index in [2.05, 4.69) is 24.0 Å². The van der Waals surface area contributed by atoms with Gasteiger partial charge in [0.15, 0.2) is 17.3 Å². The molecular weight excluding hydrogens is 346 g/mol. The summed E-state index contributed by atoms with van der Waals surface area (Å²) in [5.41, 5.74) is 2.63. The number of fused-ring (bicyclic) bond motifs is 1. The van der Waals surface area contributed by atoms with Crippen LogP contribution in [-0.2, 0) is 22.4 Å². The van der Waals surface area contributed by atoms with E-state index in [-0.39, 0.29) is 12.5 Å². The van der Waals surface area contributed by atoms with Crippen molar-refractivity contribution in [2.75, 3.05) is 47.1 Å². The summed E-state index contributed by atoms with van der Waals surface area (Å²) in [4.78, 5) is 2.48. The highest BCUT2D eigenvalue weighted by molar-refractivity contribution is 5.48. The third kappa shape index (κ3) is 4.74. The molecule has 1 aromatic carbocycles. The fourth-order valence-electron chi connectivity index (χ4n) is 4.20. The maximum atomic E-state index is 9.14. The van der Waals surface area contributed by atoms with Crippen LogP contribution >= 0.6 is 0 Å². The number of unbranched alkanes of at least 4 members (excludes halogenated alkanes) is 1. The van der Waals surface area contributed by atoms with Crippen molar-refractivity contribution in [2.24, 2.45) is 5.92 Å². The number of hydrogen-bond acceptors (Lipinski definition) is 6. The molecule has 1 saturated heterocycles. The van der Waals surface area contributed by atoms with E-state index in [1.807, 2.05) is 0 Å². The van der Waals surface area contributed by atoms with E-state index < -0.39 is 5.79 Å². The van der Waals surface area contributed by atoms with Crippen molar-refractivity contribution >= 4 is 0 Å². The number of aliphatic hydroxyl groups is 1. The van der Waals surface area contributed by atoms with Gasteiger partial charge in [-0.15, -0.1) is 0 Å². The molecule has 1 unspecified atom stereocenters. The minimum atomic E-state index is -0.521. The molecule has 0 saturated carbocycles. The van der Waals surface area contributed by atoms with Crippen LogP contribution in [0.1, 0.15) is 37.3 Å². The number of methoxy groups -OCH3 is 2. The van der Waals surface area contributed by atoms with Gasteiger partial charge in [-0.05, 0) is 49.4 Å². The van der Waals surface area contributed by atoms with Crippen LogP contribution in [0.5, 0.6) is 11.5 Å². The molecule has 2 heterocycles. The highest BCUT2D eigenvalue weighted by Gasteiger charge is 2.40. The van der Waals surface area contributed by atoms with E-state index in [1.54, 1.807) is 14.2 Å². The van der Waals surface area contributed by atoms with Gasteiger partial charge in [0.1, 0.15) is 0 Å². The maximum absolute atomic E-state index is 9.14. The summed E-state index contributed by atoms with van der Waals surface area (Å²) in [5.74, 6) is 1.35. The lowest BCUT2D eigenvalue weighted by atomic mass is 9.91. The first-order valence-electron chi connectivity index (χ1n) is 9.94. The van der Waals surface area contributed by atoms with E-state index in [0.717, 1.165) is 56.8 Å². The Hall–Kier alpha value is -1.34. The Morgan fingerprint density at radius 1 is 1.11 bits per heavy atom. The van der Waals surface area contributed by atoms with Gasteiger partial charge in [0.05, 0.1) is 27.4 Å². The highest BCUT2D eigenvalue weighted by Crippen LogP contribution is 2.36. The Morgan fingerprint density at radius 2 is 1.78 bits per heavy atom. The van der Waals surface area contributed by atoms with Gasteiger partial charge in [-0.3, -0.25) is 4.90 Å². The topological polar surface area (TPSA) is 60.4 Å². The van der Waals surface area contributed by atoms with Crippen LogP contribution in [0.4, 0.5) is 0 Å². The SMILES string of the molecule is COc1cc2c(cc1OC)CN(CC(CCCCO)C1(C)OCCO1)CC2. The maximum Gasteiger partial charge on any atom is 0.169 e. The quantitative estimate of drug-likeness (QED) is 0.666. The molecule has 0 radical (unpaired) electrons. The van der Waals surface area contributed by atoms with Crippen molar-refractivity contribution in [3.8, 4) is 11.5 Å². The second-order valence-electron chi connectivity index (χ2n) is 7.59. The minimum Gasteiger partial charge on any atom is -0.493 e. The Kier molecular flexibility index (Phi) is 6.98. The number of benzene rings is 1. The Bertz CT molecular complexity index is 615. The van der Waals surface area contributed by atoms with Crippen LogP contribution in [0.3, 0.4) is 0 Å². The van der Waals surface area contributed by atoms with Gasteiger partial charge in [0.2, 0.25) is 0 Å². The Labute approximate surface area is 162 Å². The second-order valence-corrected chi connectivity index (χ2v) is 7.59. The number of rotatable bonds is 9. The van der Waals surface area contributed by atoms with Crippen LogP contribution in [-0.4, -0.2) is 62.9 Å².